The molecule has 2 atom stereocenters. The van der Waals surface area contributed by atoms with Crippen molar-refractivity contribution in [3.05, 3.63) is 0 Å². The number of hydrogen-bond acceptors (Lipinski definition) is 2. The third kappa shape index (κ3) is 1.94. The van der Waals surface area contributed by atoms with Crippen LogP contribution >= 0.6 is 0 Å². The van der Waals surface area contributed by atoms with Gasteiger partial charge in [-0.25, -0.2) is 0 Å². The molecule has 0 aromatic rings. The number of piperidine rings is 1. The van der Waals surface area contributed by atoms with E-state index in [0.717, 1.165) is 12.6 Å². The maximum absolute atomic E-state index is 5.22. The first kappa shape index (κ1) is 7.56. The van der Waals surface area contributed by atoms with Crippen molar-refractivity contribution in [3.63, 3.8) is 0 Å². The van der Waals surface area contributed by atoms with Gasteiger partial charge in [-0.3, -0.25) is 4.90 Å². The number of likely N-dealkylation sites (tertiary alicyclic amines) is 1. The van der Waals surface area contributed by atoms with Crippen LogP contribution in [0, 0.1) is 0 Å². The van der Waals surface area contributed by atoms with Crippen molar-refractivity contribution in [1.29, 1.82) is 0 Å². The second-order valence-corrected chi connectivity index (χ2v) is 3.80. The second kappa shape index (κ2) is 3.11. The third-order valence-corrected chi connectivity index (χ3v) is 2.78. The molecule has 0 spiro atoms. The Kier molecular flexibility index (Phi) is 2.14. The summed E-state index contributed by atoms with van der Waals surface area (Å²) in [7, 11) is 0. The Bertz CT molecular complexity index is 134. The quantitative estimate of drug-likeness (QED) is 0.558. The van der Waals surface area contributed by atoms with Gasteiger partial charge >= 0.3 is 0 Å². The lowest BCUT2D eigenvalue weighted by Crippen LogP contribution is -2.39. The van der Waals surface area contributed by atoms with Crippen molar-refractivity contribution in [2.45, 2.75) is 38.3 Å². The maximum Gasteiger partial charge on any atom is 0.0936 e. The third-order valence-electron chi connectivity index (χ3n) is 2.78. The molecule has 64 valence electrons. The Morgan fingerprint density at radius 3 is 2.91 bits per heavy atom. The fraction of sp³-hybridized carbons (Fsp3) is 1.00. The van der Waals surface area contributed by atoms with Crippen molar-refractivity contribution in [1.82, 2.24) is 4.90 Å². The molecule has 2 heteroatoms. The number of rotatable bonds is 2. The average molecular weight is 155 g/mol. The smallest absolute Gasteiger partial charge is 0.0936 e. The van der Waals surface area contributed by atoms with Gasteiger partial charge in [-0.1, -0.05) is 6.42 Å². The summed E-state index contributed by atoms with van der Waals surface area (Å²) in [5.41, 5.74) is 0. The predicted molar refractivity (Wildman–Crippen MR) is 44.6 cm³/mol. The highest BCUT2D eigenvalue weighted by Crippen LogP contribution is 2.19. The number of nitrogens with zero attached hydrogens (tertiary/aromatic N) is 1. The van der Waals surface area contributed by atoms with Gasteiger partial charge in [0.15, 0.2) is 0 Å². The van der Waals surface area contributed by atoms with E-state index in [4.69, 9.17) is 4.74 Å². The molecule has 2 nitrogen and oxygen atoms in total. The number of ether oxygens (including phenoxy) is 1. The highest BCUT2D eigenvalue weighted by Gasteiger charge is 2.28. The minimum Gasteiger partial charge on any atom is -0.372 e. The highest BCUT2D eigenvalue weighted by molar-refractivity contribution is 4.80. The molecule has 2 fully saturated rings. The van der Waals surface area contributed by atoms with E-state index in [1.807, 2.05) is 0 Å². The monoisotopic (exact) mass is 155 g/mol. The van der Waals surface area contributed by atoms with E-state index in [-0.39, 0.29) is 0 Å². The molecular weight excluding hydrogens is 138 g/mol. The van der Waals surface area contributed by atoms with Crippen LogP contribution in [-0.4, -0.2) is 36.7 Å². The van der Waals surface area contributed by atoms with Crippen LogP contribution in [0.3, 0.4) is 0 Å². The second-order valence-electron chi connectivity index (χ2n) is 3.80. The van der Waals surface area contributed by atoms with Crippen LogP contribution in [-0.2, 0) is 4.74 Å². The van der Waals surface area contributed by atoms with Gasteiger partial charge in [-0.05, 0) is 26.3 Å². The molecule has 2 heterocycles. The fourth-order valence-corrected chi connectivity index (χ4v) is 1.86. The lowest BCUT2D eigenvalue weighted by atomic mass is 10.0. The fourth-order valence-electron chi connectivity index (χ4n) is 1.86. The SMILES string of the molecule is C[C@H]1CCCCN1C[C@@H]1CO1. The van der Waals surface area contributed by atoms with Crippen LogP contribution < -0.4 is 0 Å². The Balaban J connectivity index is 1.78. The minimum absolute atomic E-state index is 0.579. The zero-order valence-electron chi connectivity index (χ0n) is 7.25. The highest BCUT2D eigenvalue weighted by atomic mass is 16.6. The average Bonchev–Trinajstić information content (AvgIpc) is 2.78. The largest absolute Gasteiger partial charge is 0.372 e. The van der Waals surface area contributed by atoms with Crippen LogP contribution in [0.25, 0.3) is 0 Å². The first-order valence-electron chi connectivity index (χ1n) is 4.72. The summed E-state index contributed by atoms with van der Waals surface area (Å²) >= 11 is 0. The number of hydrogen-bond donors (Lipinski definition) is 0. The zero-order chi connectivity index (χ0) is 7.68. The standard InChI is InChI=1S/C9H17NO/c1-8-4-2-3-5-10(8)6-9-7-11-9/h8-9H,2-7H2,1H3/t8-,9+/m0/s1. The zero-order valence-corrected chi connectivity index (χ0v) is 7.25. The van der Waals surface area contributed by atoms with Crippen molar-refractivity contribution >= 4 is 0 Å². The van der Waals surface area contributed by atoms with Crippen LogP contribution in [0.4, 0.5) is 0 Å². The summed E-state index contributed by atoms with van der Waals surface area (Å²) in [6.45, 7) is 5.81. The van der Waals surface area contributed by atoms with Gasteiger partial charge in [0.05, 0.1) is 12.7 Å². The lowest BCUT2D eigenvalue weighted by Gasteiger charge is -2.32. The number of epoxide rings is 1. The van der Waals surface area contributed by atoms with Gasteiger partial charge < -0.3 is 4.74 Å². The molecule has 0 unspecified atom stereocenters. The molecule has 11 heavy (non-hydrogen) atoms. The maximum atomic E-state index is 5.22. The molecule has 0 aliphatic carbocycles. The normalized spacial score (nSPS) is 39.0. The molecule has 2 saturated heterocycles. The van der Waals surface area contributed by atoms with Crippen LogP contribution in [0.5, 0.6) is 0 Å². The van der Waals surface area contributed by atoms with Gasteiger partial charge in [0.1, 0.15) is 0 Å². The molecular formula is C9H17NO. The molecule has 2 aliphatic rings. The van der Waals surface area contributed by atoms with E-state index in [2.05, 4.69) is 11.8 Å². The van der Waals surface area contributed by atoms with Crippen molar-refractivity contribution in [2.24, 2.45) is 0 Å². The summed E-state index contributed by atoms with van der Waals surface area (Å²) < 4.78 is 5.22. The molecule has 0 bridgehead atoms. The van der Waals surface area contributed by atoms with Gasteiger partial charge in [-0.15, -0.1) is 0 Å². The van der Waals surface area contributed by atoms with Crippen LogP contribution in [0.1, 0.15) is 26.2 Å². The Hall–Kier alpha value is -0.0800. The Labute approximate surface area is 68.5 Å². The summed E-state index contributed by atoms with van der Waals surface area (Å²) in [4.78, 5) is 2.57. The molecule has 0 aromatic carbocycles. The van der Waals surface area contributed by atoms with E-state index in [0.29, 0.717) is 6.10 Å². The van der Waals surface area contributed by atoms with E-state index >= 15 is 0 Å². The molecule has 0 aromatic heterocycles. The van der Waals surface area contributed by atoms with E-state index in [1.165, 1.54) is 32.4 Å². The topological polar surface area (TPSA) is 15.8 Å². The molecule has 0 N–H and O–H groups in total. The van der Waals surface area contributed by atoms with Crippen molar-refractivity contribution < 1.29 is 4.74 Å². The summed E-state index contributed by atoms with van der Waals surface area (Å²) in [6.07, 6.45) is 4.77. The minimum atomic E-state index is 0.579. The van der Waals surface area contributed by atoms with Crippen molar-refractivity contribution in [3.8, 4) is 0 Å². The summed E-state index contributed by atoms with van der Waals surface area (Å²) in [5.74, 6) is 0. The predicted octanol–water partition coefficient (Wildman–Crippen LogP) is 1.26. The molecule has 2 aliphatic heterocycles. The molecule has 0 radical (unpaired) electrons. The Morgan fingerprint density at radius 1 is 1.45 bits per heavy atom. The molecule has 2 rings (SSSR count). The summed E-state index contributed by atoms with van der Waals surface area (Å²) in [6, 6.07) is 0.799. The van der Waals surface area contributed by atoms with Gasteiger partial charge in [0, 0.05) is 12.6 Å². The van der Waals surface area contributed by atoms with Crippen molar-refractivity contribution in [2.75, 3.05) is 19.7 Å². The molecule has 0 saturated carbocycles. The summed E-state index contributed by atoms with van der Waals surface area (Å²) in [5, 5.41) is 0. The van der Waals surface area contributed by atoms with E-state index in [1.54, 1.807) is 0 Å². The van der Waals surface area contributed by atoms with Crippen LogP contribution in [0.2, 0.25) is 0 Å². The lowest BCUT2D eigenvalue weighted by molar-refractivity contribution is 0.147. The van der Waals surface area contributed by atoms with E-state index in [9.17, 15) is 0 Å². The van der Waals surface area contributed by atoms with Gasteiger partial charge in [0.25, 0.3) is 0 Å². The first-order valence-corrected chi connectivity index (χ1v) is 4.72. The van der Waals surface area contributed by atoms with Crippen LogP contribution in [0.15, 0.2) is 0 Å². The van der Waals surface area contributed by atoms with Gasteiger partial charge in [0.2, 0.25) is 0 Å². The first-order chi connectivity index (χ1) is 5.36. The van der Waals surface area contributed by atoms with E-state index < -0.39 is 0 Å². The van der Waals surface area contributed by atoms with Gasteiger partial charge in [-0.2, -0.15) is 0 Å². The Morgan fingerprint density at radius 2 is 2.27 bits per heavy atom. The molecule has 0 amide bonds.